The number of amides is 1. The molecule has 104 valence electrons. The highest BCUT2D eigenvalue weighted by atomic mass is 127. The SMILES string of the molecule is CCN(CC)C(=O)[C@]1(c2ccccc2)C[C@@H]1CNI. The lowest BCUT2D eigenvalue weighted by atomic mass is 9.91. The van der Waals surface area contributed by atoms with E-state index >= 15 is 0 Å². The Hall–Kier alpha value is -0.620. The molecule has 0 aromatic heterocycles. The smallest absolute Gasteiger partial charge is 0.233 e. The summed E-state index contributed by atoms with van der Waals surface area (Å²) in [5, 5.41) is 0. The second-order valence-corrected chi connectivity index (χ2v) is 5.82. The molecule has 1 aromatic carbocycles. The lowest BCUT2D eigenvalue weighted by Gasteiger charge is -2.26. The van der Waals surface area contributed by atoms with E-state index in [0.717, 1.165) is 26.1 Å². The van der Waals surface area contributed by atoms with E-state index in [1.165, 1.54) is 5.56 Å². The van der Waals surface area contributed by atoms with Gasteiger partial charge in [0, 0.05) is 42.5 Å². The van der Waals surface area contributed by atoms with Crippen molar-refractivity contribution in [3.05, 3.63) is 35.9 Å². The molecule has 3 nitrogen and oxygen atoms in total. The van der Waals surface area contributed by atoms with Crippen molar-refractivity contribution >= 4 is 28.8 Å². The van der Waals surface area contributed by atoms with Crippen molar-refractivity contribution in [2.75, 3.05) is 19.6 Å². The third kappa shape index (κ3) is 2.65. The van der Waals surface area contributed by atoms with Crippen LogP contribution in [0.4, 0.5) is 0 Å². The van der Waals surface area contributed by atoms with Gasteiger partial charge in [0.1, 0.15) is 0 Å². The van der Waals surface area contributed by atoms with Gasteiger partial charge in [-0.25, -0.2) is 0 Å². The molecule has 0 aliphatic heterocycles. The summed E-state index contributed by atoms with van der Waals surface area (Å²) < 4.78 is 3.18. The first-order chi connectivity index (χ1) is 9.20. The molecule has 0 radical (unpaired) electrons. The third-order valence-electron chi connectivity index (χ3n) is 4.15. The number of carbonyl (C=O) groups excluding carboxylic acids is 1. The zero-order chi connectivity index (χ0) is 13.9. The second kappa shape index (κ2) is 6.22. The van der Waals surface area contributed by atoms with Gasteiger partial charge in [-0.15, -0.1) is 0 Å². The Bertz CT molecular complexity index is 433. The Balaban J connectivity index is 2.30. The quantitative estimate of drug-likeness (QED) is 0.615. The van der Waals surface area contributed by atoms with Crippen molar-refractivity contribution in [2.24, 2.45) is 5.92 Å². The Morgan fingerprint density at radius 3 is 2.53 bits per heavy atom. The van der Waals surface area contributed by atoms with Crippen LogP contribution in [0, 0.1) is 5.92 Å². The van der Waals surface area contributed by atoms with Crippen molar-refractivity contribution < 1.29 is 4.79 Å². The molecule has 1 N–H and O–H groups in total. The van der Waals surface area contributed by atoms with E-state index in [-0.39, 0.29) is 5.41 Å². The molecular formula is C15H21IN2O. The van der Waals surface area contributed by atoms with Crippen LogP contribution in [0.15, 0.2) is 30.3 Å². The second-order valence-electron chi connectivity index (χ2n) is 5.05. The van der Waals surface area contributed by atoms with Crippen LogP contribution in [0.3, 0.4) is 0 Å². The van der Waals surface area contributed by atoms with Crippen LogP contribution in [0.25, 0.3) is 0 Å². The lowest BCUT2D eigenvalue weighted by molar-refractivity contribution is -0.134. The van der Waals surface area contributed by atoms with Crippen LogP contribution in [0.5, 0.6) is 0 Å². The maximum atomic E-state index is 12.9. The molecule has 0 unspecified atom stereocenters. The Morgan fingerprint density at radius 1 is 1.37 bits per heavy atom. The molecule has 0 bridgehead atoms. The fourth-order valence-electron chi connectivity index (χ4n) is 2.94. The van der Waals surface area contributed by atoms with Gasteiger partial charge in [-0.05, 0) is 31.7 Å². The van der Waals surface area contributed by atoms with Crippen LogP contribution < -0.4 is 3.53 Å². The predicted molar refractivity (Wildman–Crippen MR) is 86.2 cm³/mol. The molecule has 0 heterocycles. The first-order valence-electron chi connectivity index (χ1n) is 6.89. The van der Waals surface area contributed by atoms with Gasteiger partial charge in [-0.1, -0.05) is 30.3 Å². The number of likely N-dealkylation sites (N-methyl/N-ethyl adjacent to an activating group) is 1. The molecule has 1 aliphatic carbocycles. The van der Waals surface area contributed by atoms with Gasteiger partial charge in [0.25, 0.3) is 0 Å². The van der Waals surface area contributed by atoms with Crippen LogP contribution in [0.1, 0.15) is 25.8 Å². The van der Waals surface area contributed by atoms with Crippen LogP contribution in [-0.2, 0) is 10.2 Å². The largest absolute Gasteiger partial charge is 0.342 e. The van der Waals surface area contributed by atoms with Gasteiger partial charge < -0.3 is 4.90 Å². The highest BCUT2D eigenvalue weighted by Gasteiger charge is 2.61. The van der Waals surface area contributed by atoms with Gasteiger partial charge >= 0.3 is 0 Å². The van der Waals surface area contributed by atoms with Gasteiger partial charge in [-0.3, -0.25) is 8.32 Å². The Kier molecular flexibility index (Phi) is 4.84. The molecule has 4 heteroatoms. The number of hydrogen-bond donors (Lipinski definition) is 1. The molecule has 0 spiro atoms. The first kappa shape index (κ1) is 14.8. The Labute approximate surface area is 129 Å². The molecule has 1 aliphatic rings. The van der Waals surface area contributed by atoms with Gasteiger partial charge in [0.05, 0.1) is 5.41 Å². The summed E-state index contributed by atoms with van der Waals surface area (Å²) >= 11 is 2.16. The van der Waals surface area contributed by atoms with Gasteiger partial charge in [0.2, 0.25) is 5.91 Å². The summed E-state index contributed by atoms with van der Waals surface area (Å²) in [4.78, 5) is 14.8. The summed E-state index contributed by atoms with van der Waals surface area (Å²) in [6.07, 6.45) is 0.961. The standard InChI is InChI=1S/C15H21IN2O/c1-3-18(4-2)14(19)15(10-13(15)11-17-16)12-8-6-5-7-9-12/h5-9,13,17H,3-4,10-11H2,1-2H3/t13-,15+/m1/s1. The maximum absolute atomic E-state index is 12.9. The summed E-state index contributed by atoms with van der Waals surface area (Å²) in [6.45, 7) is 6.56. The number of halogens is 1. The zero-order valence-electron chi connectivity index (χ0n) is 11.5. The average molecular weight is 372 g/mol. The summed E-state index contributed by atoms with van der Waals surface area (Å²) in [5.41, 5.74) is 0.884. The number of carbonyl (C=O) groups is 1. The normalized spacial score (nSPS) is 25.1. The molecule has 1 amide bonds. The number of rotatable bonds is 6. The molecule has 2 rings (SSSR count). The van der Waals surface area contributed by atoms with Gasteiger partial charge in [-0.2, -0.15) is 0 Å². The van der Waals surface area contributed by atoms with E-state index in [0.29, 0.717) is 11.8 Å². The van der Waals surface area contributed by atoms with E-state index in [1.807, 2.05) is 36.9 Å². The summed E-state index contributed by atoms with van der Waals surface area (Å²) in [6, 6.07) is 10.2. The van der Waals surface area contributed by atoms with Crippen LogP contribution in [-0.4, -0.2) is 30.4 Å². The molecule has 0 saturated heterocycles. The fraction of sp³-hybridized carbons (Fsp3) is 0.533. The minimum Gasteiger partial charge on any atom is -0.342 e. The van der Waals surface area contributed by atoms with E-state index < -0.39 is 0 Å². The molecular weight excluding hydrogens is 351 g/mol. The number of nitrogens with zero attached hydrogens (tertiary/aromatic N) is 1. The van der Waals surface area contributed by atoms with Gasteiger partial charge in [0.15, 0.2) is 0 Å². The molecule has 2 atom stereocenters. The highest BCUT2D eigenvalue weighted by Crippen LogP contribution is 2.55. The van der Waals surface area contributed by atoms with Crippen LogP contribution >= 0.6 is 22.9 Å². The minimum atomic E-state index is -0.286. The van der Waals surface area contributed by atoms with Crippen LogP contribution in [0.2, 0.25) is 0 Å². The van der Waals surface area contributed by atoms with E-state index in [9.17, 15) is 4.79 Å². The zero-order valence-corrected chi connectivity index (χ0v) is 13.7. The topological polar surface area (TPSA) is 32.3 Å². The molecule has 1 aromatic rings. The predicted octanol–water partition coefficient (Wildman–Crippen LogP) is 2.75. The summed E-state index contributed by atoms with van der Waals surface area (Å²) in [7, 11) is 0. The number of benzene rings is 1. The molecule has 1 saturated carbocycles. The van der Waals surface area contributed by atoms with E-state index in [4.69, 9.17) is 0 Å². The fourth-order valence-corrected chi connectivity index (χ4v) is 3.47. The van der Waals surface area contributed by atoms with E-state index in [1.54, 1.807) is 0 Å². The third-order valence-corrected chi connectivity index (χ3v) is 4.59. The average Bonchev–Trinajstić information content (AvgIpc) is 3.17. The van der Waals surface area contributed by atoms with E-state index in [2.05, 4.69) is 38.5 Å². The van der Waals surface area contributed by atoms with Crippen molar-refractivity contribution in [2.45, 2.75) is 25.7 Å². The molecule has 1 fully saturated rings. The summed E-state index contributed by atoms with van der Waals surface area (Å²) in [5.74, 6) is 0.709. The first-order valence-corrected chi connectivity index (χ1v) is 7.97. The highest BCUT2D eigenvalue weighted by molar-refractivity contribution is 14.1. The van der Waals surface area contributed by atoms with Crippen molar-refractivity contribution in [3.63, 3.8) is 0 Å². The minimum absolute atomic E-state index is 0.286. The Morgan fingerprint density at radius 2 is 2.00 bits per heavy atom. The van der Waals surface area contributed by atoms with Crippen molar-refractivity contribution in [3.8, 4) is 0 Å². The number of hydrogen-bond acceptors (Lipinski definition) is 2. The lowest BCUT2D eigenvalue weighted by Crippen LogP contribution is -2.40. The maximum Gasteiger partial charge on any atom is 0.233 e. The van der Waals surface area contributed by atoms with Crippen molar-refractivity contribution in [1.29, 1.82) is 0 Å². The monoisotopic (exact) mass is 372 g/mol. The number of nitrogens with one attached hydrogen (secondary N) is 1. The molecule has 19 heavy (non-hydrogen) atoms. The van der Waals surface area contributed by atoms with Crippen molar-refractivity contribution in [1.82, 2.24) is 8.43 Å².